The second-order valence-corrected chi connectivity index (χ2v) is 1.65. The van der Waals surface area contributed by atoms with Gasteiger partial charge >= 0.3 is 0 Å². The molecule has 58 valence electrons. The van der Waals surface area contributed by atoms with Crippen LogP contribution < -0.4 is 5.73 Å². The van der Waals surface area contributed by atoms with Crippen LogP contribution in [0.25, 0.3) is 0 Å². The molecule has 0 atom stereocenters. The molecule has 2 N–H and O–H groups in total. The normalized spacial score (nSPS) is 8.90. The third-order valence-corrected chi connectivity index (χ3v) is 0.864. The van der Waals surface area contributed by atoms with Crippen molar-refractivity contribution in [2.24, 2.45) is 0 Å². The molecule has 0 aliphatic heterocycles. The summed E-state index contributed by atoms with van der Waals surface area (Å²) < 4.78 is 9.46. The predicted molar refractivity (Wildman–Crippen MR) is 38.9 cm³/mol. The van der Waals surface area contributed by atoms with E-state index in [-0.39, 0.29) is 12.4 Å². The Morgan fingerprint density at radius 1 is 1.80 bits per heavy atom. The van der Waals surface area contributed by atoms with Crippen LogP contribution in [0.1, 0.15) is 5.76 Å². The van der Waals surface area contributed by atoms with Gasteiger partial charge in [0.25, 0.3) is 0 Å². The molecule has 0 bridgehead atoms. The van der Waals surface area contributed by atoms with Gasteiger partial charge in [0.2, 0.25) is 0 Å². The molecule has 1 aromatic rings. The molecular weight excluding hydrogens is 156 g/mol. The summed E-state index contributed by atoms with van der Waals surface area (Å²) in [5, 5.41) is 3.46. The summed E-state index contributed by atoms with van der Waals surface area (Å²) in [6, 6.07) is 1.63. The Labute approximate surface area is 64.7 Å². The second-order valence-electron chi connectivity index (χ2n) is 1.65. The lowest BCUT2D eigenvalue weighted by Crippen LogP contribution is -1.82. The molecule has 0 aliphatic carbocycles. The topological polar surface area (TPSA) is 61.3 Å². The third kappa shape index (κ3) is 2.24. The minimum atomic E-state index is 0. The lowest BCUT2D eigenvalue weighted by atomic mass is 10.5. The Kier molecular flexibility index (Phi) is 3.83. The van der Waals surface area contributed by atoms with Gasteiger partial charge in [0.15, 0.2) is 11.6 Å². The van der Waals surface area contributed by atoms with Crippen molar-refractivity contribution >= 4 is 18.2 Å². The number of hydrogen-bond acceptors (Lipinski definition) is 4. The van der Waals surface area contributed by atoms with Crippen LogP contribution in [0, 0.1) is 0 Å². The van der Waals surface area contributed by atoms with E-state index in [1.54, 1.807) is 13.2 Å². The number of nitrogen functional groups attached to an aromatic ring is 1. The van der Waals surface area contributed by atoms with Crippen molar-refractivity contribution in [1.82, 2.24) is 5.16 Å². The molecule has 0 amide bonds. The fourth-order valence-electron chi connectivity index (χ4n) is 0.539. The van der Waals surface area contributed by atoms with Gasteiger partial charge in [-0.15, -0.1) is 12.4 Å². The van der Waals surface area contributed by atoms with Gasteiger partial charge in [0, 0.05) is 13.2 Å². The molecule has 5 heteroatoms. The van der Waals surface area contributed by atoms with E-state index in [9.17, 15) is 0 Å². The van der Waals surface area contributed by atoms with Crippen molar-refractivity contribution in [2.75, 3.05) is 12.8 Å². The Bertz CT molecular complexity index is 190. The lowest BCUT2D eigenvalue weighted by Gasteiger charge is -1.86. The summed E-state index contributed by atoms with van der Waals surface area (Å²) in [4.78, 5) is 0. The predicted octanol–water partition coefficient (Wildman–Crippen LogP) is 0.825. The van der Waals surface area contributed by atoms with Crippen molar-refractivity contribution in [1.29, 1.82) is 0 Å². The van der Waals surface area contributed by atoms with Crippen LogP contribution in [0.5, 0.6) is 0 Å². The van der Waals surface area contributed by atoms with Gasteiger partial charge in [0.05, 0.1) is 0 Å². The number of anilines is 1. The Hall–Kier alpha value is -0.740. The van der Waals surface area contributed by atoms with Crippen LogP contribution in [0.15, 0.2) is 10.6 Å². The van der Waals surface area contributed by atoms with Crippen molar-refractivity contribution < 1.29 is 9.26 Å². The average Bonchev–Trinajstić information content (AvgIpc) is 2.17. The number of nitrogens with two attached hydrogens (primary N) is 1. The standard InChI is InChI=1S/C5H8N2O2.ClH/c1-8-3-4-2-5(6)7-9-4;/h2H,3H2,1H3,(H2,6,7);1H. The molecule has 4 nitrogen and oxygen atoms in total. The number of ether oxygens (including phenoxy) is 1. The first-order chi connectivity index (χ1) is 4.33. The zero-order chi connectivity index (χ0) is 6.69. The maximum absolute atomic E-state index is 5.25. The van der Waals surface area contributed by atoms with E-state index in [0.29, 0.717) is 18.2 Å². The van der Waals surface area contributed by atoms with Crippen LogP contribution in [0.4, 0.5) is 5.82 Å². The van der Waals surface area contributed by atoms with E-state index in [2.05, 4.69) is 5.16 Å². The molecule has 0 aromatic carbocycles. The van der Waals surface area contributed by atoms with E-state index in [0.717, 1.165) is 0 Å². The highest BCUT2D eigenvalue weighted by Crippen LogP contribution is 2.04. The molecule has 0 saturated heterocycles. The fraction of sp³-hybridized carbons (Fsp3) is 0.400. The number of methoxy groups -OCH3 is 1. The third-order valence-electron chi connectivity index (χ3n) is 0.864. The molecule has 0 radical (unpaired) electrons. The lowest BCUT2D eigenvalue weighted by molar-refractivity contribution is 0.156. The molecule has 0 spiro atoms. The van der Waals surface area contributed by atoms with Crippen molar-refractivity contribution in [2.45, 2.75) is 6.61 Å². The van der Waals surface area contributed by atoms with Crippen molar-refractivity contribution in [3.63, 3.8) is 0 Å². The van der Waals surface area contributed by atoms with Crippen LogP contribution in [-0.2, 0) is 11.3 Å². The number of nitrogens with zero attached hydrogens (tertiary/aromatic N) is 1. The van der Waals surface area contributed by atoms with E-state index >= 15 is 0 Å². The molecule has 0 fully saturated rings. The van der Waals surface area contributed by atoms with Gasteiger partial charge in [-0.25, -0.2) is 0 Å². The van der Waals surface area contributed by atoms with Crippen LogP contribution in [-0.4, -0.2) is 12.3 Å². The van der Waals surface area contributed by atoms with Crippen LogP contribution in [0.3, 0.4) is 0 Å². The highest BCUT2D eigenvalue weighted by atomic mass is 35.5. The zero-order valence-electron chi connectivity index (χ0n) is 5.53. The summed E-state index contributed by atoms with van der Waals surface area (Å²) in [6.45, 7) is 0.421. The first-order valence-electron chi connectivity index (χ1n) is 2.53. The Balaban J connectivity index is 0.000000810. The minimum Gasteiger partial charge on any atom is -0.381 e. The molecule has 1 rings (SSSR count). The first kappa shape index (κ1) is 9.26. The molecule has 10 heavy (non-hydrogen) atoms. The second kappa shape index (κ2) is 4.14. The van der Waals surface area contributed by atoms with E-state index in [4.69, 9.17) is 15.0 Å². The van der Waals surface area contributed by atoms with Crippen LogP contribution >= 0.6 is 12.4 Å². The SMILES string of the molecule is COCc1cc(N)no1.Cl. The van der Waals surface area contributed by atoms with E-state index in [1.807, 2.05) is 0 Å². The summed E-state index contributed by atoms with van der Waals surface area (Å²) in [5.41, 5.74) is 5.25. The van der Waals surface area contributed by atoms with E-state index in [1.165, 1.54) is 0 Å². The maximum atomic E-state index is 5.25. The largest absolute Gasteiger partial charge is 0.381 e. The summed E-state index contributed by atoms with van der Waals surface area (Å²) in [6.07, 6.45) is 0. The van der Waals surface area contributed by atoms with Gasteiger partial charge in [-0.1, -0.05) is 5.16 Å². The molecule has 1 heterocycles. The molecule has 0 aliphatic rings. The quantitative estimate of drug-likeness (QED) is 0.703. The minimum absolute atomic E-state index is 0. The van der Waals surface area contributed by atoms with E-state index < -0.39 is 0 Å². The number of hydrogen-bond donors (Lipinski definition) is 1. The van der Waals surface area contributed by atoms with Crippen LogP contribution in [0.2, 0.25) is 0 Å². The van der Waals surface area contributed by atoms with Crippen molar-refractivity contribution in [3.8, 4) is 0 Å². The highest BCUT2D eigenvalue weighted by molar-refractivity contribution is 5.85. The summed E-state index contributed by atoms with van der Waals surface area (Å²) in [5.74, 6) is 1.04. The van der Waals surface area contributed by atoms with Crippen molar-refractivity contribution in [3.05, 3.63) is 11.8 Å². The molecular formula is C5H9ClN2O2. The van der Waals surface area contributed by atoms with Gasteiger partial charge in [-0.05, 0) is 0 Å². The number of rotatable bonds is 2. The Morgan fingerprint density at radius 2 is 2.50 bits per heavy atom. The van der Waals surface area contributed by atoms with Gasteiger partial charge < -0.3 is 15.0 Å². The monoisotopic (exact) mass is 164 g/mol. The van der Waals surface area contributed by atoms with Gasteiger partial charge in [0.1, 0.15) is 6.61 Å². The number of aromatic nitrogens is 1. The average molecular weight is 165 g/mol. The van der Waals surface area contributed by atoms with Gasteiger partial charge in [-0.2, -0.15) is 0 Å². The summed E-state index contributed by atoms with van der Waals surface area (Å²) in [7, 11) is 1.58. The smallest absolute Gasteiger partial charge is 0.167 e. The van der Waals surface area contributed by atoms with Gasteiger partial charge in [-0.3, -0.25) is 0 Å². The molecule has 0 saturated carbocycles. The summed E-state index contributed by atoms with van der Waals surface area (Å²) >= 11 is 0. The Morgan fingerprint density at radius 3 is 2.90 bits per heavy atom. The zero-order valence-corrected chi connectivity index (χ0v) is 6.35. The molecule has 0 unspecified atom stereocenters. The highest BCUT2D eigenvalue weighted by Gasteiger charge is 1.97. The first-order valence-corrected chi connectivity index (χ1v) is 2.53. The molecule has 1 aromatic heterocycles. The number of halogens is 1. The fourth-order valence-corrected chi connectivity index (χ4v) is 0.539. The maximum Gasteiger partial charge on any atom is 0.167 e.